The van der Waals surface area contributed by atoms with E-state index in [2.05, 4.69) is 20.5 Å². The molecule has 23 heavy (non-hydrogen) atoms. The molecule has 1 atom stereocenters. The van der Waals surface area contributed by atoms with Crippen LogP contribution in [-0.2, 0) is 17.6 Å². The zero-order valence-corrected chi connectivity index (χ0v) is 12.4. The molecule has 1 aromatic carbocycles. The van der Waals surface area contributed by atoms with Gasteiger partial charge < -0.3 is 10.3 Å². The minimum atomic E-state index is -0.154. The van der Waals surface area contributed by atoms with E-state index in [-0.39, 0.29) is 17.4 Å². The van der Waals surface area contributed by atoms with Crippen molar-refractivity contribution in [1.29, 1.82) is 0 Å². The largest absolute Gasteiger partial charge is 0.329 e. The number of nitrogens with zero attached hydrogens (tertiary/aromatic N) is 1. The number of H-pyrrole nitrogens is 2. The lowest BCUT2D eigenvalue weighted by molar-refractivity contribution is -0.120. The van der Waals surface area contributed by atoms with E-state index in [1.165, 1.54) is 5.56 Å². The molecular weight excluding hydrogens is 292 g/mol. The summed E-state index contributed by atoms with van der Waals surface area (Å²) in [7, 11) is 0. The lowest BCUT2D eigenvalue weighted by Crippen LogP contribution is -2.28. The van der Waals surface area contributed by atoms with E-state index >= 15 is 0 Å². The summed E-state index contributed by atoms with van der Waals surface area (Å²) < 4.78 is 0. The standard InChI is InChI=1S/C17H16N4O2/c22-16(10-4-5-11-9-19-21-15(11)8-10)20-14-3-1-2-13-12(14)6-7-18-17(13)23/h1-3,6-7,9-10H,4-5,8H2,(H,18,23)(H,19,21)(H,20,22). The summed E-state index contributed by atoms with van der Waals surface area (Å²) >= 11 is 0. The monoisotopic (exact) mass is 308 g/mol. The van der Waals surface area contributed by atoms with Crippen molar-refractivity contribution < 1.29 is 4.79 Å². The average Bonchev–Trinajstić information content (AvgIpc) is 3.03. The maximum atomic E-state index is 12.6. The first-order valence-corrected chi connectivity index (χ1v) is 7.65. The molecule has 0 spiro atoms. The first-order valence-electron chi connectivity index (χ1n) is 7.65. The third-order valence-electron chi connectivity index (χ3n) is 4.46. The molecule has 0 saturated heterocycles. The zero-order chi connectivity index (χ0) is 15.8. The minimum absolute atomic E-state index is 0.0157. The summed E-state index contributed by atoms with van der Waals surface area (Å²) in [5.74, 6) is -0.0989. The van der Waals surface area contributed by atoms with Gasteiger partial charge >= 0.3 is 0 Å². The molecule has 0 fully saturated rings. The zero-order valence-electron chi connectivity index (χ0n) is 12.4. The number of carbonyl (C=O) groups excluding carboxylic acids is 1. The minimum Gasteiger partial charge on any atom is -0.329 e. The van der Waals surface area contributed by atoms with Crippen molar-refractivity contribution in [2.75, 3.05) is 5.32 Å². The predicted octanol–water partition coefficient (Wildman–Crippen LogP) is 1.99. The number of hydrogen-bond acceptors (Lipinski definition) is 3. The van der Waals surface area contributed by atoms with E-state index in [9.17, 15) is 9.59 Å². The Morgan fingerprint density at radius 1 is 1.26 bits per heavy atom. The highest BCUT2D eigenvalue weighted by Crippen LogP contribution is 2.26. The molecule has 2 heterocycles. The molecule has 0 bridgehead atoms. The lowest BCUT2D eigenvalue weighted by atomic mass is 9.87. The fourth-order valence-corrected chi connectivity index (χ4v) is 3.20. The van der Waals surface area contributed by atoms with Crippen molar-refractivity contribution in [2.24, 2.45) is 5.92 Å². The van der Waals surface area contributed by atoms with E-state index in [4.69, 9.17) is 0 Å². The van der Waals surface area contributed by atoms with Gasteiger partial charge in [0, 0.05) is 40.7 Å². The second-order valence-corrected chi connectivity index (χ2v) is 5.88. The van der Waals surface area contributed by atoms with Crippen molar-refractivity contribution in [3.05, 3.63) is 58.3 Å². The number of aromatic amines is 2. The number of benzene rings is 1. The van der Waals surface area contributed by atoms with Crippen LogP contribution in [0.25, 0.3) is 10.8 Å². The molecule has 2 aromatic heterocycles. The highest BCUT2D eigenvalue weighted by molar-refractivity contribution is 6.02. The number of fused-ring (bicyclic) bond motifs is 2. The van der Waals surface area contributed by atoms with Gasteiger partial charge in [0.2, 0.25) is 5.91 Å². The van der Waals surface area contributed by atoms with Crippen molar-refractivity contribution >= 4 is 22.4 Å². The Morgan fingerprint density at radius 2 is 2.17 bits per heavy atom. The van der Waals surface area contributed by atoms with Crippen LogP contribution in [0, 0.1) is 5.92 Å². The van der Waals surface area contributed by atoms with E-state index < -0.39 is 0 Å². The Hall–Kier alpha value is -2.89. The molecule has 1 aliphatic carbocycles. The quantitative estimate of drug-likeness (QED) is 0.676. The number of amides is 1. The van der Waals surface area contributed by atoms with Gasteiger partial charge in [-0.25, -0.2) is 0 Å². The van der Waals surface area contributed by atoms with Gasteiger partial charge in [0.1, 0.15) is 0 Å². The van der Waals surface area contributed by atoms with Crippen LogP contribution in [0.2, 0.25) is 0 Å². The van der Waals surface area contributed by atoms with Crippen LogP contribution in [0.4, 0.5) is 5.69 Å². The summed E-state index contributed by atoms with van der Waals surface area (Å²) in [6.45, 7) is 0. The molecule has 1 unspecified atom stereocenters. The summed E-state index contributed by atoms with van der Waals surface area (Å²) in [6.07, 6.45) is 5.77. The maximum absolute atomic E-state index is 12.6. The molecule has 3 N–H and O–H groups in total. The molecule has 0 aliphatic heterocycles. The number of carbonyl (C=O) groups is 1. The van der Waals surface area contributed by atoms with Crippen LogP contribution in [-0.4, -0.2) is 21.1 Å². The molecule has 6 heteroatoms. The Labute approximate surface area is 131 Å². The van der Waals surface area contributed by atoms with Crippen LogP contribution in [0.15, 0.2) is 41.5 Å². The number of aromatic nitrogens is 3. The van der Waals surface area contributed by atoms with Crippen molar-refractivity contribution in [3.8, 4) is 0 Å². The van der Waals surface area contributed by atoms with Crippen molar-refractivity contribution in [3.63, 3.8) is 0 Å². The summed E-state index contributed by atoms with van der Waals surface area (Å²) in [6, 6.07) is 7.16. The number of rotatable bonds is 2. The maximum Gasteiger partial charge on any atom is 0.255 e. The number of nitrogens with one attached hydrogen (secondary N) is 3. The Balaban J connectivity index is 1.60. The van der Waals surface area contributed by atoms with Crippen molar-refractivity contribution in [1.82, 2.24) is 15.2 Å². The molecule has 0 radical (unpaired) electrons. The number of anilines is 1. The summed E-state index contributed by atoms with van der Waals surface area (Å²) in [4.78, 5) is 27.1. The normalized spacial score (nSPS) is 17.0. The van der Waals surface area contributed by atoms with Gasteiger partial charge in [0.05, 0.1) is 6.20 Å². The van der Waals surface area contributed by atoms with Gasteiger partial charge in [0.25, 0.3) is 5.56 Å². The summed E-state index contributed by atoms with van der Waals surface area (Å²) in [5, 5.41) is 11.3. The van der Waals surface area contributed by atoms with Gasteiger partial charge in [-0.2, -0.15) is 5.10 Å². The second kappa shape index (κ2) is 5.39. The fraction of sp³-hybridized carbons (Fsp3) is 0.235. The summed E-state index contributed by atoms with van der Waals surface area (Å²) in [5.41, 5.74) is 2.77. The second-order valence-electron chi connectivity index (χ2n) is 5.88. The topological polar surface area (TPSA) is 90.6 Å². The van der Waals surface area contributed by atoms with Gasteiger partial charge in [-0.05, 0) is 36.6 Å². The van der Waals surface area contributed by atoms with Crippen LogP contribution < -0.4 is 10.9 Å². The third-order valence-corrected chi connectivity index (χ3v) is 4.46. The fourth-order valence-electron chi connectivity index (χ4n) is 3.20. The number of pyridine rings is 1. The molecule has 0 saturated carbocycles. The molecule has 6 nitrogen and oxygen atoms in total. The van der Waals surface area contributed by atoms with E-state index in [0.29, 0.717) is 17.5 Å². The van der Waals surface area contributed by atoms with Gasteiger partial charge in [-0.3, -0.25) is 14.7 Å². The smallest absolute Gasteiger partial charge is 0.255 e. The Bertz CT molecular complexity index is 941. The highest BCUT2D eigenvalue weighted by atomic mass is 16.2. The SMILES string of the molecule is O=C(Nc1cccc2c(=O)[nH]ccc12)C1CCc2cn[nH]c2C1. The van der Waals surface area contributed by atoms with Crippen LogP contribution >= 0.6 is 0 Å². The predicted molar refractivity (Wildman–Crippen MR) is 87.3 cm³/mol. The Morgan fingerprint density at radius 3 is 3.09 bits per heavy atom. The number of hydrogen-bond donors (Lipinski definition) is 3. The van der Waals surface area contributed by atoms with Crippen LogP contribution in [0.5, 0.6) is 0 Å². The van der Waals surface area contributed by atoms with E-state index in [1.807, 2.05) is 12.3 Å². The Kier molecular flexibility index (Phi) is 3.22. The number of aryl methyl sites for hydroxylation is 1. The molecule has 3 aromatic rings. The van der Waals surface area contributed by atoms with Gasteiger partial charge in [-0.15, -0.1) is 0 Å². The first-order chi connectivity index (χ1) is 11.2. The van der Waals surface area contributed by atoms with Crippen LogP contribution in [0.1, 0.15) is 17.7 Å². The molecule has 1 aliphatic rings. The third kappa shape index (κ3) is 2.42. The van der Waals surface area contributed by atoms with E-state index in [1.54, 1.807) is 24.4 Å². The molecule has 116 valence electrons. The first kappa shape index (κ1) is 13.8. The average molecular weight is 308 g/mol. The van der Waals surface area contributed by atoms with E-state index in [0.717, 1.165) is 23.9 Å². The van der Waals surface area contributed by atoms with Gasteiger partial charge in [0.15, 0.2) is 0 Å². The van der Waals surface area contributed by atoms with Crippen LogP contribution in [0.3, 0.4) is 0 Å². The molecule has 4 rings (SSSR count). The van der Waals surface area contributed by atoms with Gasteiger partial charge in [-0.1, -0.05) is 6.07 Å². The molecule has 1 amide bonds. The molecular formula is C17H16N4O2. The van der Waals surface area contributed by atoms with Crippen molar-refractivity contribution in [2.45, 2.75) is 19.3 Å². The highest BCUT2D eigenvalue weighted by Gasteiger charge is 2.26. The lowest BCUT2D eigenvalue weighted by Gasteiger charge is -2.21.